The van der Waals surface area contributed by atoms with Crippen LogP contribution in [-0.4, -0.2) is 22.3 Å². The second kappa shape index (κ2) is 6.26. The molecule has 2 aromatic rings. The van der Waals surface area contributed by atoms with Crippen LogP contribution in [0.15, 0.2) is 41.0 Å². The smallest absolute Gasteiger partial charge is 0.270 e. The summed E-state index contributed by atoms with van der Waals surface area (Å²) in [5.41, 5.74) is 1.52. The molecule has 0 bridgehead atoms. The number of aromatic amines is 1. The van der Waals surface area contributed by atoms with E-state index in [0.717, 1.165) is 10.0 Å². The molecule has 1 aromatic carbocycles. The van der Waals surface area contributed by atoms with Crippen LogP contribution in [0.1, 0.15) is 23.0 Å². The molecule has 1 aromatic heterocycles. The summed E-state index contributed by atoms with van der Waals surface area (Å²) in [6.45, 7) is 3.08. The van der Waals surface area contributed by atoms with Gasteiger partial charge in [0.05, 0.1) is 0 Å². The highest BCUT2D eigenvalue weighted by molar-refractivity contribution is 9.10. The highest BCUT2D eigenvalue weighted by Crippen LogP contribution is 2.19. The maximum Gasteiger partial charge on any atom is 0.270 e. The average Bonchev–Trinajstić information content (AvgIpc) is 2.84. The van der Waals surface area contributed by atoms with Crippen molar-refractivity contribution in [3.05, 3.63) is 57.3 Å². The minimum Gasteiger partial charge on any atom is -0.356 e. The number of rotatable bonds is 4. The van der Waals surface area contributed by atoms with E-state index in [4.69, 9.17) is 11.6 Å². The summed E-state index contributed by atoms with van der Waals surface area (Å²) in [7, 11) is 0. The first-order valence-electron chi connectivity index (χ1n) is 5.98. The van der Waals surface area contributed by atoms with E-state index in [1.807, 2.05) is 31.2 Å². The quantitative estimate of drug-likeness (QED) is 0.893. The molecule has 0 saturated heterocycles. The highest BCUT2D eigenvalue weighted by Gasteiger charge is 2.16. The fourth-order valence-corrected chi connectivity index (χ4v) is 2.36. The molecule has 0 unspecified atom stereocenters. The van der Waals surface area contributed by atoms with Crippen molar-refractivity contribution in [2.24, 2.45) is 0 Å². The molecule has 19 heavy (non-hydrogen) atoms. The molecule has 0 saturated carbocycles. The molecule has 100 valence electrons. The molecule has 3 nitrogen and oxygen atoms in total. The van der Waals surface area contributed by atoms with Gasteiger partial charge in [-0.25, -0.2) is 0 Å². The summed E-state index contributed by atoms with van der Waals surface area (Å²) in [6, 6.07) is 9.34. The molecular formula is C14H14BrClN2O. The maximum absolute atomic E-state index is 12.3. The SMILES string of the molecule is CCN(Cc1ccccc1Cl)C(=O)c1cc(Br)c[nH]1. The standard InChI is InChI=1S/C14H14BrClN2O/c1-2-18(9-10-5-3-4-6-12(10)16)14(19)13-7-11(15)8-17-13/h3-8,17H,2,9H2,1H3. The summed E-state index contributed by atoms with van der Waals surface area (Å²) in [6.07, 6.45) is 1.75. The molecule has 0 spiro atoms. The van der Waals surface area contributed by atoms with Gasteiger partial charge in [0.1, 0.15) is 5.69 Å². The summed E-state index contributed by atoms with van der Waals surface area (Å²) in [5.74, 6) is -0.0341. The molecule has 1 amide bonds. The molecule has 2 rings (SSSR count). The Morgan fingerprint density at radius 1 is 1.42 bits per heavy atom. The fraction of sp³-hybridized carbons (Fsp3) is 0.214. The Hall–Kier alpha value is -1.26. The molecular weight excluding hydrogens is 328 g/mol. The van der Waals surface area contributed by atoms with E-state index < -0.39 is 0 Å². The minimum atomic E-state index is -0.0341. The number of aromatic nitrogens is 1. The van der Waals surface area contributed by atoms with Crippen molar-refractivity contribution in [2.75, 3.05) is 6.54 Å². The van der Waals surface area contributed by atoms with Gasteiger partial charge >= 0.3 is 0 Å². The van der Waals surface area contributed by atoms with Crippen molar-refractivity contribution < 1.29 is 4.79 Å². The van der Waals surface area contributed by atoms with Crippen LogP contribution >= 0.6 is 27.5 Å². The first kappa shape index (κ1) is 14.2. The van der Waals surface area contributed by atoms with E-state index in [2.05, 4.69) is 20.9 Å². The number of benzene rings is 1. The van der Waals surface area contributed by atoms with Crippen molar-refractivity contribution >= 4 is 33.4 Å². The van der Waals surface area contributed by atoms with Crippen molar-refractivity contribution in [3.8, 4) is 0 Å². The highest BCUT2D eigenvalue weighted by atomic mass is 79.9. The van der Waals surface area contributed by atoms with Crippen LogP contribution in [0.25, 0.3) is 0 Å². The van der Waals surface area contributed by atoms with Gasteiger partial charge in [-0.3, -0.25) is 4.79 Å². The van der Waals surface area contributed by atoms with Gasteiger partial charge in [-0.1, -0.05) is 29.8 Å². The van der Waals surface area contributed by atoms with Crippen molar-refractivity contribution in [1.82, 2.24) is 9.88 Å². The Bertz CT molecular complexity index is 582. The monoisotopic (exact) mass is 340 g/mol. The van der Waals surface area contributed by atoms with Crippen LogP contribution in [0.2, 0.25) is 5.02 Å². The van der Waals surface area contributed by atoms with Crippen LogP contribution in [0.4, 0.5) is 0 Å². The van der Waals surface area contributed by atoms with Crippen molar-refractivity contribution in [1.29, 1.82) is 0 Å². The Labute approximate surface area is 125 Å². The third kappa shape index (κ3) is 3.39. The first-order chi connectivity index (χ1) is 9.11. The van der Waals surface area contributed by atoms with E-state index in [1.165, 1.54) is 0 Å². The predicted molar refractivity (Wildman–Crippen MR) is 80.4 cm³/mol. The lowest BCUT2D eigenvalue weighted by molar-refractivity contribution is 0.0747. The number of carbonyl (C=O) groups is 1. The molecule has 0 aliphatic heterocycles. The predicted octanol–water partition coefficient (Wildman–Crippen LogP) is 4.09. The Morgan fingerprint density at radius 3 is 2.74 bits per heavy atom. The Balaban J connectivity index is 2.17. The number of hydrogen-bond donors (Lipinski definition) is 1. The molecule has 0 aliphatic carbocycles. The number of nitrogens with zero attached hydrogens (tertiary/aromatic N) is 1. The second-order valence-corrected chi connectivity index (χ2v) is 5.47. The normalized spacial score (nSPS) is 10.5. The number of amides is 1. The van der Waals surface area contributed by atoms with Crippen molar-refractivity contribution in [2.45, 2.75) is 13.5 Å². The Kier molecular flexibility index (Phi) is 4.66. The maximum atomic E-state index is 12.3. The number of carbonyl (C=O) groups excluding carboxylic acids is 1. The van der Waals surface area contributed by atoms with E-state index in [-0.39, 0.29) is 5.91 Å². The summed E-state index contributed by atoms with van der Waals surface area (Å²) in [5, 5.41) is 0.682. The number of nitrogens with one attached hydrogen (secondary N) is 1. The molecule has 0 atom stereocenters. The van der Waals surface area contributed by atoms with Gasteiger partial charge in [-0.05, 0) is 40.5 Å². The van der Waals surface area contributed by atoms with Gasteiger partial charge in [0.2, 0.25) is 0 Å². The second-order valence-electron chi connectivity index (χ2n) is 4.14. The summed E-state index contributed by atoms with van der Waals surface area (Å²) >= 11 is 9.45. The first-order valence-corrected chi connectivity index (χ1v) is 7.15. The minimum absolute atomic E-state index is 0.0341. The summed E-state index contributed by atoms with van der Waals surface area (Å²) < 4.78 is 0.865. The van der Waals surface area contributed by atoms with E-state index in [0.29, 0.717) is 23.8 Å². The van der Waals surface area contributed by atoms with Crippen LogP contribution < -0.4 is 0 Å². The van der Waals surface area contributed by atoms with Gasteiger partial charge in [0.25, 0.3) is 5.91 Å². The van der Waals surface area contributed by atoms with Crippen LogP contribution in [0.3, 0.4) is 0 Å². The lowest BCUT2D eigenvalue weighted by Gasteiger charge is -2.20. The number of halogens is 2. The zero-order chi connectivity index (χ0) is 13.8. The van der Waals surface area contributed by atoms with E-state index >= 15 is 0 Å². The largest absolute Gasteiger partial charge is 0.356 e. The average molecular weight is 342 g/mol. The molecule has 0 aliphatic rings. The molecule has 0 fully saturated rings. The van der Waals surface area contributed by atoms with Gasteiger partial charge in [-0.15, -0.1) is 0 Å². The lowest BCUT2D eigenvalue weighted by atomic mass is 10.2. The lowest BCUT2D eigenvalue weighted by Crippen LogP contribution is -2.30. The number of hydrogen-bond acceptors (Lipinski definition) is 1. The van der Waals surface area contributed by atoms with E-state index in [9.17, 15) is 4.79 Å². The Morgan fingerprint density at radius 2 is 2.16 bits per heavy atom. The van der Waals surface area contributed by atoms with E-state index in [1.54, 1.807) is 17.2 Å². The van der Waals surface area contributed by atoms with Crippen LogP contribution in [0.5, 0.6) is 0 Å². The zero-order valence-corrected chi connectivity index (χ0v) is 12.8. The molecule has 1 N–H and O–H groups in total. The molecule has 0 radical (unpaired) electrons. The third-order valence-corrected chi connectivity index (χ3v) is 3.69. The summed E-state index contributed by atoms with van der Waals surface area (Å²) in [4.78, 5) is 17.0. The van der Waals surface area contributed by atoms with Crippen LogP contribution in [0, 0.1) is 0 Å². The zero-order valence-electron chi connectivity index (χ0n) is 10.5. The fourth-order valence-electron chi connectivity index (χ4n) is 1.82. The molecule has 1 heterocycles. The van der Waals surface area contributed by atoms with Crippen LogP contribution in [-0.2, 0) is 6.54 Å². The van der Waals surface area contributed by atoms with Crippen molar-refractivity contribution in [3.63, 3.8) is 0 Å². The topological polar surface area (TPSA) is 36.1 Å². The molecule has 5 heteroatoms. The van der Waals surface area contributed by atoms with Gasteiger partial charge < -0.3 is 9.88 Å². The van der Waals surface area contributed by atoms with Gasteiger partial charge in [0, 0.05) is 28.8 Å². The van der Waals surface area contributed by atoms with Gasteiger partial charge in [-0.2, -0.15) is 0 Å². The van der Waals surface area contributed by atoms with Gasteiger partial charge in [0.15, 0.2) is 0 Å². The third-order valence-electron chi connectivity index (χ3n) is 2.87. The number of H-pyrrole nitrogens is 1.